The lowest BCUT2D eigenvalue weighted by atomic mass is 10.1. The maximum Gasteiger partial charge on any atom is 0.273 e. The van der Waals surface area contributed by atoms with Gasteiger partial charge in [0.25, 0.3) is 5.69 Å². The average Bonchev–Trinajstić information content (AvgIpc) is 2.35. The molecule has 0 aromatic heterocycles. The van der Waals surface area contributed by atoms with Crippen LogP contribution in [0.4, 0.5) is 5.69 Å². The molecule has 1 aromatic rings. The first-order valence-corrected chi connectivity index (χ1v) is 6.11. The smallest absolute Gasteiger partial charge is 0.273 e. The van der Waals surface area contributed by atoms with Crippen LogP contribution in [0.2, 0.25) is 0 Å². The number of ether oxygens (including phenoxy) is 1. The van der Waals surface area contributed by atoms with E-state index in [2.05, 4.69) is 0 Å². The Morgan fingerprint density at radius 1 is 1.47 bits per heavy atom. The van der Waals surface area contributed by atoms with E-state index in [0.717, 1.165) is 12.1 Å². The standard InChI is InChI=1S/C13H20N2O4/c1-10(16)4-5-14(2)9-11-6-12(15(17)18)8-13(7-11)19-3/h6-8,10,16H,4-5,9H2,1-3H3. The van der Waals surface area contributed by atoms with Crippen molar-refractivity contribution in [1.29, 1.82) is 0 Å². The highest BCUT2D eigenvalue weighted by Gasteiger charge is 2.11. The van der Waals surface area contributed by atoms with E-state index in [4.69, 9.17) is 4.74 Å². The van der Waals surface area contributed by atoms with Crippen LogP contribution in [-0.2, 0) is 6.54 Å². The van der Waals surface area contributed by atoms with Crippen molar-refractivity contribution in [3.63, 3.8) is 0 Å². The number of aliphatic hydroxyl groups is 1. The predicted octanol–water partition coefficient (Wildman–Crippen LogP) is 1.81. The fraction of sp³-hybridized carbons (Fsp3) is 0.538. The lowest BCUT2D eigenvalue weighted by Gasteiger charge is -2.17. The van der Waals surface area contributed by atoms with Crippen LogP contribution < -0.4 is 4.74 Å². The summed E-state index contributed by atoms with van der Waals surface area (Å²) < 4.78 is 5.06. The number of benzene rings is 1. The Morgan fingerprint density at radius 2 is 2.16 bits per heavy atom. The molecule has 19 heavy (non-hydrogen) atoms. The Hall–Kier alpha value is -1.66. The summed E-state index contributed by atoms with van der Waals surface area (Å²) in [5, 5.41) is 20.1. The van der Waals surface area contributed by atoms with Gasteiger partial charge in [0.1, 0.15) is 5.75 Å². The first-order chi connectivity index (χ1) is 8.92. The van der Waals surface area contributed by atoms with Crippen LogP contribution >= 0.6 is 0 Å². The quantitative estimate of drug-likeness (QED) is 0.603. The molecule has 1 unspecified atom stereocenters. The molecule has 106 valence electrons. The van der Waals surface area contributed by atoms with Crippen LogP contribution in [0.1, 0.15) is 18.9 Å². The third-order valence-electron chi connectivity index (χ3n) is 2.78. The molecule has 6 heteroatoms. The van der Waals surface area contributed by atoms with Crippen LogP contribution in [0.15, 0.2) is 18.2 Å². The number of nitro groups is 1. The number of nitro benzene ring substituents is 1. The molecule has 0 saturated carbocycles. The minimum absolute atomic E-state index is 0.0262. The van der Waals surface area contributed by atoms with Gasteiger partial charge in [-0.15, -0.1) is 0 Å². The highest BCUT2D eigenvalue weighted by molar-refractivity contribution is 5.42. The number of rotatable bonds is 7. The molecule has 1 atom stereocenters. The van der Waals surface area contributed by atoms with Crippen molar-refractivity contribution in [2.75, 3.05) is 20.7 Å². The van der Waals surface area contributed by atoms with Crippen LogP contribution in [0.25, 0.3) is 0 Å². The van der Waals surface area contributed by atoms with Crippen LogP contribution in [-0.4, -0.2) is 41.7 Å². The maximum atomic E-state index is 10.8. The second-order valence-corrected chi connectivity index (χ2v) is 4.67. The van der Waals surface area contributed by atoms with Crippen molar-refractivity contribution in [2.24, 2.45) is 0 Å². The highest BCUT2D eigenvalue weighted by Crippen LogP contribution is 2.23. The van der Waals surface area contributed by atoms with Gasteiger partial charge in [0.05, 0.1) is 24.2 Å². The molecular formula is C13H20N2O4. The third-order valence-corrected chi connectivity index (χ3v) is 2.78. The molecule has 0 spiro atoms. The first-order valence-electron chi connectivity index (χ1n) is 6.11. The Bertz CT molecular complexity index is 435. The van der Waals surface area contributed by atoms with E-state index in [1.54, 1.807) is 19.1 Å². The lowest BCUT2D eigenvalue weighted by molar-refractivity contribution is -0.385. The van der Waals surface area contributed by atoms with Crippen LogP contribution in [0.5, 0.6) is 5.75 Å². The second-order valence-electron chi connectivity index (χ2n) is 4.67. The molecule has 1 aromatic carbocycles. The van der Waals surface area contributed by atoms with Gasteiger partial charge in [-0.1, -0.05) is 0 Å². The first kappa shape index (κ1) is 15.4. The maximum absolute atomic E-state index is 10.8. The zero-order chi connectivity index (χ0) is 14.4. The summed E-state index contributed by atoms with van der Waals surface area (Å²) in [6.07, 6.45) is 0.324. The zero-order valence-corrected chi connectivity index (χ0v) is 11.5. The summed E-state index contributed by atoms with van der Waals surface area (Å²) in [7, 11) is 3.40. The average molecular weight is 268 g/mol. The summed E-state index contributed by atoms with van der Waals surface area (Å²) in [6.45, 7) is 3.04. The molecule has 0 aliphatic rings. The van der Waals surface area contributed by atoms with Crippen molar-refractivity contribution in [2.45, 2.75) is 26.0 Å². The molecule has 0 heterocycles. The number of nitrogens with zero attached hydrogens (tertiary/aromatic N) is 2. The van der Waals surface area contributed by atoms with E-state index in [9.17, 15) is 15.2 Å². The van der Waals surface area contributed by atoms with Gasteiger partial charge in [-0.2, -0.15) is 0 Å². The number of hydrogen-bond donors (Lipinski definition) is 1. The topological polar surface area (TPSA) is 75.8 Å². The summed E-state index contributed by atoms with van der Waals surface area (Å²) in [5.74, 6) is 0.480. The summed E-state index contributed by atoms with van der Waals surface area (Å²) >= 11 is 0. The Kier molecular flexibility index (Phi) is 5.72. The monoisotopic (exact) mass is 268 g/mol. The molecule has 0 bridgehead atoms. The van der Waals surface area contributed by atoms with E-state index < -0.39 is 4.92 Å². The molecule has 0 aliphatic heterocycles. The van der Waals surface area contributed by atoms with Gasteiger partial charge in [0.2, 0.25) is 0 Å². The summed E-state index contributed by atoms with van der Waals surface area (Å²) in [4.78, 5) is 12.4. The van der Waals surface area contributed by atoms with Gasteiger partial charge in [0.15, 0.2) is 0 Å². The molecule has 0 aliphatic carbocycles. The van der Waals surface area contributed by atoms with Crippen LogP contribution in [0, 0.1) is 10.1 Å². The molecule has 6 nitrogen and oxygen atoms in total. The predicted molar refractivity (Wildman–Crippen MR) is 72.3 cm³/mol. The molecule has 0 fully saturated rings. The Morgan fingerprint density at radius 3 is 2.68 bits per heavy atom. The van der Waals surface area contributed by atoms with E-state index in [0.29, 0.717) is 18.7 Å². The van der Waals surface area contributed by atoms with E-state index in [1.807, 2.05) is 11.9 Å². The number of hydrogen-bond acceptors (Lipinski definition) is 5. The zero-order valence-electron chi connectivity index (χ0n) is 11.5. The minimum atomic E-state index is -0.429. The van der Waals surface area contributed by atoms with Gasteiger partial charge in [0, 0.05) is 19.2 Å². The summed E-state index contributed by atoms with van der Waals surface area (Å²) in [5.41, 5.74) is 0.845. The Balaban J connectivity index is 2.76. The number of methoxy groups -OCH3 is 1. The highest BCUT2D eigenvalue weighted by atomic mass is 16.6. The fourth-order valence-corrected chi connectivity index (χ4v) is 1.76. The van der Waals surface area contributed by atoms with Gasteiger partial charge in [-0.3, -0.25) is 10.1 Å². The van der Waals surface area contributed by atoms with E-state index in [-0.39, 0.29) is 11.8 Å². The van der Waals surface area contributed by atoms with Gasteiger partial charge in [-0.25, -0.2) is 0 Å². The molecule has 1 rings (SSSR count). The second kappa shape index (κ2) is 7.06. The molecule has 1 N–H and O–H groups in total. The van der Waals surface area contributed by atoms with Crippen molar-refractivity contribution in [3.8, 4) is 5.75 Å². The van der Waals surface area contributed by atoms with Crippen molar-refractivity contribution in [3.05, 3.63) is 33.9 Å². The SMILES string of the molecule is COc1cc(CN(C)CCC(C)O)cc([N+](=O)[O-])c1. The largest absolute Gasteiger partial charge is 0.496 e. The Labute approximate surface area is 112 Å². The molecule has 0 saturated heterocycles. The third kappa shape index (κ3) is 5.23. The van der Waals surface area contributed by atoms with Gasteiger partial charge in [-0.05, 0) is 32.0 Å². The number of aliphatic hydroxyl groups excluding tert-OH is 1. The van der Waals surface area contributed by atoms with Gasteiger partial charge < -0.3 is 14.7 Å². The van der Waals surface area contributed by atoms with Gasteiger partial charge >= 0.3 is 0 Å². The minimum Gasteiger partial charge on any atom is -0.496 e. The molecular weight excluding hydrogens is 248 g/mol. The molecule has 0 amide bonds. The molecule has 0 radical (unpaired) electrons. The lowest BCUT2D eigenvalue weighted by Crippen LogP contribution is -2.22. The fourth-order valence-electron chi connectivity index (χ4n) is 1.76. The van der Waals surface area contributed by atoms with Crippen molar-refractivity contribution in [1.82, 2.24) is 4.90 Å². The normalized spacial score (nSPS) is 12.5. The van der Waals surface area contributed by atoms with Crippen molar-refractivity contribution >= 4 is 5.69 Å². The van der Waals surface area contributed by atoms with E-state index >= 15 is 0 Å². The van der Waals surface area contributed by atoms with Crippen LogP contribution in [0.3, 0.4) is 0 Å². The summed E-state index contributed by atoms with van der Waals surface area (Å²) in [6, 6.07) is 4.73. The number of non-ortho nitro benzene ring substituents is 1. The van der Waals surface area contributed by atoms with Crippen molar-refractivity contribution < 1.29 is 14.8 Å². The van der Waals surface area contributed by atoms with E-state index in [1.165, 1.54) is 13.2 Å².